The van der Waals surface area contributed by atoms with Gasteiger partial charge in [-0.25, -0.2) is 0 Å². The van der Waals surface area contributed by atoms with Gasteiger partial charge in [0, 0.05) is 40.9 Å². The maximum atomic E-state index is 12.7. The summed E-state index contributed by atoms with van der Waals surface area (Å²) in [4.78, 5) is 26.1. The summed E-state index contributed by atoms with van der Waals surface area (Å²) in [6.45, 7) is 4.45. The second-order valence-corrected chi connectivity index (χ2v) is 8.70. The average molecular weight is 363 g/mol. The molecule has 1 aliphatic rings. The van der Waals surface area contributed by atoms with Crippen LogP contribution >= 0.6 is 0 Å². The molecule has 0 saturated carbocycles. The molecule has 1 saturated heterocycles. The quantitative estimate of drug-likeness (QED) is 0.422. The van der Waals surface area contributed by atoms with Gasteiger partial charge in [0.05, 0.1) is 13.0 Å². The summed E-state index contributed by atoms with van der Waals surface area (Å²) < 4.78 is 27.8. The third kappa shape index (κ3) is 3.50. The molecule has 0 spiro atoms. The summed E-state index contributed by atoms with van der Waals surface area (Å²) in [7, 11) is 2.38. The van der Waals surface area contributed by atoms with Crippen LogP contribution in [0, 0.1) is 5.92 Å². The fraction of sp³-hybridized carbons (Fsp3) is 0.867. The molecular weight excluding hydrogens is 334 g/mol. The van der Waals surface area contributed by atoms with Crippen molar-refractivity contribution < 1.29 is 32.3 Å². The fourth-order valence-electron chi connectivity index (χ4n) is 3.22. The lowest BCUT2D eigenvalue weighted by atomic mass is 10.1. The van der Waals surface area contributed by atoms with Gasteiger partial charge in [-0.1, -0.05) is 13.8 Å². The predicted octanol–water partition coefficient (Wildman–Crippen LogP) is 0.958. The summed E-state index contributed by atoms with van der Waals surface area (Å²) >= 11 is 0. The van der Waals surface area contributed by atoms with Crippen LogP contribution in [0.4, 0.5) is 0 Å². The highest BCUT2D eigenvalue weighted by Gasteiger charge is 2.66. The summed E-state index contributed by atoms with van der Waals surface area (Å²) in [6.07, 6.45) is 1.24. The van der Waals surface area contributed by atoms with Gasteiger partial charge in [0.1, 0.15) is 0 Å². The van der Waals surface area contributed by atoms with E-state index in [0.29, 0.717) is 13.0 Å². The SMILES string of the molecule is CCCOC(CC)(N1CC(C(=O)OC)CC1=O)[Si](OC)(OC)OC. The molecule has 1 amide bonds. The first kappa shape index (κ1) is 21.0. The molecule has 0 radical (unpaired) electrons. The van der Waals surface area contributed by atoms with E-state index in [1.807, 2.05) is 13.8 Å². The molecule has 0 aliphatic carbocycles. The molecule has 140 valence electrons. The molecule has 8 nitrogen and oxygen atoms in total. The standard InChI is InChI=1S/C15H29NO7Si/c1-7-9-23-15(8-2,24(20-4,21-5)22-6)16-11-12(10-13(16)17)14(18)19-3/h12H,7-11H2,1-6H3. The van der Waals surface area contributed by atoms with E-state index in [1.165, 1.54) is 33.3 Å². The first-order chi connectivity index (χ1) is 11.4. The van der Waals surface area contributed by atoms with Crippen LogP contribution in [0.5, 0.6) is 0 Å². The van der Waals surface area contributed by atoms with Crippen molar-refractivity contribution >= 4 is 20.7 Å². The third-order valence-corrected chi connectivity index (χ3v) is 7.74. The van der Waals surface area contributed by atoms with Crippen molar-refractivity contribution in [1.29, 1.82) is 0 Å². The number of methoxy groups -OCH3 is 1. The summed E-state index contributed by atoms with van der Waals surface area (Å²) in [5, 5.41) is -1.18. The zero-order chi connectivity index (χ0) is 18.4. The lowest BCUT2D eigenvalue weighted by Crippen LogP contribution is -2.73. The first-order valence-corrected chi connectivity index (χ1v) is 9.82. The molecule has 1 aliphatic heterocycles. The number of carbonyl (C=O) groups is 2. The van der Waals surface area contributed by atoms with E-state index >= 15 is 0 Å². The second kappa shape index (κ2) is 8.91. The normalized spacial score (nSPS) is 21.0. The lowest BCUT2D eigenvalue weighted by molar-refractivity contribution is -0.168. The Labute approximate surface area is 144 Å². The highest BCUT2D eigenvalue weighted by atomic mass is 28.4. The number of amides is 1. The van der Waals surface area contributed by atoms with E-state index in [1.54, 1.807) is 0 Å². The Hall–Kier alpha value is -1.00. The molecule has 1 heterocycles. The Morgan fingerprint density at radius 2 is 1.79 bits per heavy atom. The fourth-order valence-corrected chi connectivity index (χ4v) is 5.94. The van der Waals surface area contributed by atoms with E-state index < -0.39 is 26.0 Å². The minimum absolute atomic E-state index is 0.0749. The van der Waals surface area contributed by atoms with Crippen LogP contribution in [0.2, 0.25) is 0 Å². The number of rotatable bonds is 10. The molecule has 2 unspecified atom stereocenters. The van der Waals surface area contributed by atoms with Gasteiger partial charge < -0.3 is 27.7 Å². The monoisotopic (exact) mass is 363 g/mol. The number of esters is 1. The molecular formula is C15H29NO7Si. The summed E-state index contributed by atoms with van der Waals surface area (Å²) in [5.41, 5.74) is 0. The van der Waals surface area contributed by atoms with Crippen LogP contribution < -0.4 is 0 Å². The third-order valence-electron chi connectivity index (χ3n) is 4.40. The molecule has 9 heteroatoms. The molecule has 0 aromatic rings. The van der Waals surface area contributed by atoms with Crippen molar-refractivity contribution in [1.82, 2.24) is 4.90 Å². The minimum Gasteiger partial charge on any atom is -0.469 e. The van der Waals surface area contributed by atoms with Crippen LogP contribution in [0.1, 0.15) is 33.1 Å². The Balaban J connectivity index is 3.31. The lowest BCUT2D eigenvalue weighted by Gasteiger charge is -2.47. The number of hydrogen-bond donors (Lipinski definition) is 0. The molecule has 2 atom stereocenters. The number of nitrogens with zero attached hydrogens (tertiary/aromatic N) is 1. The van der Waals surface area contributed by atoms with E-state index in [0.717, 1.165) is 6.42 Å². The van der Waals surface area contributed by atoms with Crippen LogP contribution in [0.3, 0.4) is 0 Å². The smallest absolute Gasteiger partial charge is 0.469 e. The maximum absolute atomic E-state index is 12.7. The van der Waals surface area contributed by atoms with Crippen molar-refractivity contribution in [3.05, 3.63) is 0 Å². The zero-order valence-corrected chi connectivity index (χ0v) is 16.4. The van der Waals surface area contributed by atoms with Gasteiger partial charge in [-0.3, -0.25) is 9.59 Å². The predicted molar refractivity (Wildman–Crippen MR) is 87.9 cm³/mol. The van der Waals surface area contributed by atoms with Gasteiger partial charge in [-0.2, -0.15) is 0 Å². The Bertz CT molecular complexity index is 435. The first-order valence-electron chi connectivity index (χ1n) is 8.09. The number of hydrogen-bond acceptors (Lipinski definition) is 7. The molecule has 0 bridgehead atoms. The van der Waals surface area contributed by atoms with Crippen molar-refractivity contribution in [3.8, 4) is 0 Å². The minimum atomic E-state index is -3.38. The van der Waals surface area contributed by atoms with Gasteiger partial charge in [0.2, 0.25) is 11.3 Å². The zero-order valence-electron chi connectivity index (χ0n) is 15.4. The van der Waals surface area contributed by atoms with E-state index in [9.17, 15) is 9.59 Å². The molecule has 24 heavy (non-hydrogen) atoms. The Kier molecular flexibility index (Phi) is 7.81. The van der Waals surface area contributed by atoms with E-state index in [-0.39, 0.29) is 18.9 Å². The topological polar surface area (TPSA) is 83.5 Å². The van der Waals surface area contributed by atoms with Crippen LogP contribution in [-0.4, -0.2) is 72.5 Å². The average Bonchev–Trinajstić information content (AvgIpc) is 3.00. The molecule has 0 N–H and O–H groups in total. The maximum Gasteiger partial charge on any atom is 0.556 e. The van der Waals surface area contributed by atoms with Crippen LogP contribution in [0.15, 0.2) is 0 Å². The number of ether oxygens (including phenoxy) is 2. The van der Waals surface area contributed by atoms with Gasteiger partial charge in [0.15, 0.2) is 0 Å². The highest BCUT2D eigenvalue weighted by molar-refractivity contribution is 6.64. The largest absolute Gasteiger partial charge is 0.556 e. The number of carbonyl (C=O) groups excluding carboxylic acids is 2. The van der Waals surface area contributed by atoms with E-state index in [4.69, 9.17) is 22.8 Å². The Morgan fingerprint density at radius 3 is 2.21 bits per heavy atom. The molecule has 0 aromatic carbocycles. The van der Waals surface area contributed by atoms with Gasteiger partial charge >= 0.3 is 14.8 Å². The summed E-state index contributed by atoms with van der Waals surface area (Å²) in [6, 6.07) is 0. The second-order valence-electron chi connectivity index (χ2n) is 5.58. The summed E-state index contributed by atoms with van der Waals surface area (Å²) in [5.74, 6) is -1.15. The molecule has 0 aromatic heterocycles. The van der Waals surface area contributed by atoms with Gasteiger partial charge in [0.25, 0.3) is 0 Å². The van der Waals surface area contributed by atoms with Crippen molar-refractivity contribution in [3.63, 3.8) is 0 Å². The van der Waals surface area contributed by atoms with Crippen LogP contribution in [-0.2, 0) is 32.3 Å². The van der Waals surface area contributed by atoms with Crippen LogP contribution in [0.25, 0.3) is 0 Å². The Morgan fingerprint density at radius 1 is 1.21 bits per heavy atom. The molecule has 1 rings (SSSR count). The van der Waals surface area contributed by atoms with Crippen molar-refractivity contribution in [2.24, 2.45) is 5.92 Å². The molecule has 1 fully saturated rings. The highest BCUT2D eigenvalue weighted by Crippen LogP contribution is 2.38. The number of likely N-dealkylation sites (tertiary alicyclic amines) is 1. The van der Waals surface area contributed by atoms with Crippen molar-refractivity contribution in [2.45, 2.75) is 38.5 Å². The van der Waals surface area contributed by atoms with Gasteiger partial charge in [-0.05, 0) is 12.8 Å². The van der Waals surface area contributed by atoms with Gasteiger partial charge in [-0.15, -0.1) is 0 Å². The van der Waals surface area contributed by atoms with E-state index in [2.05, 4.69) is 0 Å². The van der Waals surface area contributed by atoms with Crippen molar-refractivity contribution in [2.75, 3.05) is 41.6 Å².